The van der Waals surface area contributed by atoms with Crippen molar-refractivity contribution in [3.8, 4) is 22.6 Å². The Morgan fingerprint density at radius 1 is 0.857 bits per heavy atom. The van der Waals surface area contributed by atoms with Crippen LogP contribution in [0.1, 0.15) is 49.7 Å². The lowest BCUT2D eigenvalue weighted by Gasteiger charge is -2.29. The molecule has 0 unspecified atom stereocenters. The third-order valence-electron chi connectivity index (χ3n) is 6.78. The highest BCUT2D eigenvalue weighted by atomic mass is 19.2. The Bertz CT molecular complexity index is 1120. The van der Waals surface area contributed by atoms with Gasteiger partial charge in [0.05, 0.1) is 20.3 Å². The van der Waals surface area contributed by atoms with E-state index in [9.17, 15) is 13.2 Å². The van der Waals surface area contributed by atoms with Crippen molar-refractivity contribution >= 4 is 0 Å². The lowest BCUT2D eigenvalue weighted by Crippen LogP contribution is -2.20. The summed E-state index contributed by atoms with van der Waals surface area (Å²) >= 11 is 0. The van der Waals surface area contributed by atoms with E-state index in [4.69, 9.17) is 14.2 Å². The van der Waals surface area contributed by atoms with Crippen molar-refractivity contribution in [1.29, 1.82) is 0 Å². The molecule has 3 aromatic carbocycles. The van der Waals surface area contributed by atoms with E-state index in [1.165, 1.54) is 12.1 Å². The molecule has 35 heavy (non-hydrogen) atoms. The number of benzene rings is 3. The van der Waals surface area contributed by atoms with Crippen LogP contribution in [0.25, 0.3) is 11.1 Å². The van der Waals surface area contributed by atoms with Gasteiger partial charge in [-0.25, -0.2) is 8.78 Å². The van der Waals surface area contributed by atoms with E-state index in [0.717, 1.165) is 31.2 Å². The van der Waals surface area contributed by atoms with Gasteiger partial charge in [-0.2, -0.15) is 4.39 Å². The van der Waals surface area contributed by atoms with Crippen LogP contribution in [0.5, 0.6) is 11.5 Å². The molecule has 1 aliphatic carbocycles. The molecule has 0 radical (unpaired) electrons. The number of halogens is 3. The fourth-order valence-corrected chi connectivity index (χ4v) is 4.65. The van der Waals surface area contributed by atoms with Gasteiger partial charge >= 0.3 is 0 Å². The van der Waals surface area contributed by atoms with Crippen molar-refractivity contribution in [2.75, 3.05) is 20.3 Å². The normalized spacial score (nSPS) is 17.9. The van der Waals surface area contributed by atoms with E-state index < -0.39 is 11.6 Å². The van der Waals surface area contributed by atoms with Crippen LogP contribution in [-0.2, 0) is 11.3 Å². The van der Waals surface area contributed by atoms with Crippen molar-refractivity contribution in [2.24, 2.45) is 5.92 Å². The average Bonchev–Trinajstić information content (AvgIpc) is 2.89. The van der Waals surface area contributed by atoms with Gasteiger partial charge in [0.15, 0.2) is 11.6 Å². The van der Waals surface area contributed by atoms with Gasteiger partial charge in [0, 0.05) is 17.7 Å². The standard InChI is InChI=1S/C29H31F3O3/c1-3-34-18-23-9-8-22(16-26(23)30)20-6-4-19(5-7-20)17-35-27-15-14-25(28(31)29(27)32)21-10-12-24(33-2)13-11-21/h8-16,19-20H,3-7,17-18H2,1-2H3. The molecule has 4 rings (SSSR count). The molecule has 1 aliphatic rings. The van der Waals surface area contributed by atoms with Crippen LogP contribution < -0.4 is 9.47 Å². The zero-order chi connectivity index (χ0) is 24.8. The zero-order valence-corrected chi connectivity index (χ0v) is 20.2. The molecule has 1 saturated carbocycles. The van der Waals surface area contributed by atoms with Gasteiger partial charge in [-0.1, -0.05) is 24.3 Å². The van der Waals surface area contributed by atoms with Gasteiger partial charge in [0.25, 0.3) is 0 Å². The number of ether oxygens (including phenoxy) is 3. The summed E-state index contributed by atoms with van der Waals surface area (Å²) in [6.07, 6.45) is 3.60. The van der Waals surface area contributed by atoms with Crippen LogP contribution in [0.4, 0.5) is 13.2 Å². The maximum Gasteiger partial charge on any atom is 0.201 e. The van der Waals surface area contributed by atoms with Crippen LogP contribution in [0, 0.1) is 23.4 Å². The minimum Gasteiger partial charge on any atom is -0.497 e. The second-order valence-electron chi connectivity index (χ2n) is 8.98. The minimum absolute atomic E-state index is 0.0751. The van der Waals surface area contributed by atoms with Crippen LogP contribution in [0.3, 0.4) is 0 Å². The van der Waals surface area contributed by atoms with Gasteiger partial charge < -0.3 is 14.2 Å². The molecular weight excluding hydrogens is 453 g/mol. The summed E-state index contributed by atoms with van der Waals surface area (Å²) in [6, 6.07) is 15.2. The van der Waals surface area contributed by atoms with E-state index in [1.807, 2.05) is 19.1 Å². The molecule has 3 aromatic rings. The maximum atomic E-state index is 14.7. The largest absolute Gasteiger partial charge is 0.497 e. The molecule has 0 heterocycles. The van der Waals surface area contributed by atoms with Crippen LogP contribution >= 0.6 is 0 Å². The number of rotatable bonds is 9. The first-order chi connectivity index (χ1) is 17.0. The van der Waals surface area contributed by atoms with Crippen molar-refractivity contribution < 1.29 is 27.4 Å². The van der Waals surface area contributed by atoms with Gasteiger partial charge in [-0.15, -0.1) is 0 Å². The summed E-state index contributed by atoms with van der Waals surface area (Å²) in [7, 11) is 1.55. The highest BCUT2D eigenvalue weighted by Gasteiger charge is 2.24. The Balaban J connectivity index is 1.32. The van der Waals surface area contributed by atoms with E-state index in [2.05, 4.69) is 0 Å². The van der Waals surface area contributed by atoms with Crippen molar-refractivity contribution in [3.05, 3.63) is 83.2 Å². The van der Waals surface area contributed by atoms with Crippen molar-refractivity contribution in [1.82, 2.24) is 0 Å². The topological polar surface area (TPSA) is 27.7 Å². The first-order valence-electron chi connectivity index (χ1n) is 12.1. The Kier molecular flexibility index (Phi) is 8.34. The first kappa shape index (κ1) is 25.1. The van der Waals surface area contributed by atoms with E-state index in [0.29, 0.717) is 36.0 Å². The van der Waals surface area contributed by atoms with Gasteiger partial charge in [-0.3, -0.25) is 0 Å². The number of hydrogen-bond donors (Lipinski definition) is 0. The highest BCUT2D eigenvalue weighted by molar-refractivity contribution is 5.66. The molecular formula is C29H31F3O3. The van der Waals surface area contributed by atoms with Crippen molar-refractivity contribution in [3.63, 3.8) is 0 Å². The monoisotopic (exact) mass is 484 g/mol. The predicted molar refractivity (Wildman–Crippen MR) is 130 cm³/mol. The Morgan fingerprint density at radius 3 is 2.26 bits per heavy atom. The second kappa shape index (κ2) is 11.6. The zero-order valence-electron chi connectivity index (χ0n) is 20.2. The molecule has 0 N–H and O–H groups in total. The van der Waals surface area contributed by atoms with Gasteiger partial charge in [0.2, 0.25) is 5.82 Å². The Morgan fingerprint density at radius 2 is 1.60 bits per heavy atom. The molecule has 0 spiro atoms. The van der Waals surface area contributed by atoms with Gasteiger partial charge in [-0.05, 0) is 85.9 Å². The molecule has 0 bridgehead atoms. The fourth-order valence-electron chi connectivity index (χ4n) is 4.65. The average molecular weight is 485 g/mol. The summed E-state index contributed by atoms with van der Waals surface area (Å²) in [5.41, 5.74) is 2.32. The Hall–Kier alpha value is -2.99. The number of methoxy groups -OCH3 is 1. The van der Waals surface area contributed by atoms with E-state index in [-0.39, 0.29) is 29.7 Å². The second-order valence-corrected chi connectivity index (χ2v) is 8.98. The third kappa shape index (κ3) is 5.99. The Labute approximate surface area is 204 Å². The van der Waals surface area contributed by atoms with E-state index in [1.54, 1.807) is 37.4 Å². The molecule has 186 valence electrons. The summed E-state index contributed by atoms with van der Waals surface area (Å²) < 4.78 is 59.9. The predicted octanol–water partition coefficient (Wildman–Crippen LogP) is 7.67. The smallest absolute Gasteiger partial charge is 0.201 e. The van der Waals surface area contributed by atoms with Gasteiger partial charge in [0.1, 0.15) is 11.6 Å². The van der Waals surface area contributed by atoms with Crippen LogP contribution in [0.15, 0.2) is 54.6 Å². The summed E-state index contributed by atoms with van der Waals surface area (Å²) in [5.74, 6) is -1.02. The van der Waals surface area contributed by atoms with E-state index >= 15 is 0 Å². The quantitative estimate of drug-likeness (QED) is 0.312. The molecule has 3 nitrogen and oxygen atoms in total. The molecule has 0 atom stereocenters. The molecule has 1 fully saturated rings. The third-order valence-corrected chi connectivity index (χ3v) is 6.78. The lowest BCUT2D eigenvalue weighted by atomic mass is 9.79. The molecule has 0 saturated heterocycles. The summed E-state index contributed by atoms with van der Waals surface area (Å²) in [4.78, 5) is 0. The van der Waals surface area contributed by atoms with Crippen molar-refractivity contribution in [2.45, 2.75) is 45.1 Å². The highest BCUT2D eigenvalue weighted by Crippen LogP contribution is 2.37. The van der Waals surface area contributed by atoms with Crippen LogP contribution in [-0.4, -0.2) is 20.3 Å². The molecule has 6 heteroatoms. The minimum atomic E-state index is -0.977. The molecule has 0 amide bonds. The fraction of sp³-hybridized carbons (Fsp3) is 0.379. The maximum absolute atomic E-state index is 14.7. The van der Waals surface area contributed by atoms with Crippen LogP contribution in [0.2, 0.25) is 0 Å². The number of hydrogen-bond acceptors (Lipinski definition) is 3. The lowest BCUT2D eigenvalue weighted by molar-refractivity contribution is 0.131. The first-order valence-corrected chi connectivity index (χ1v) is 12.1. The SMILES string of the molecule is CCOCc1ccc(C2CCC(COc3ccc(-c4ccc(OC)cc4)c(F)c3F)CC2)cc1F. The summed E-state index contributed by atoms with van der Waals surface area (Å²) in [5, 5.41) is 0. The molecule has 0 aromatic heterocycles. The summed E-state index contributed by atoms with van der Waals surface area (Å²) in [6.45, 7) is 3.05. The molecule has 0 aliphatic heterocycles.